The van der Waals surface area contributed by atoms with Crippen LogP contribution in [0.2, 0.25) is 0 Å². The topological polar surface area (TPSA) is 55.9 Å². The molecule has 0 spiro atoms. The Bertz CT molecular complexity index is 605. The molecule has 0 aliphatic heterocycles. The number of halogens is 3. The van der Waals surface area contributed by atoms with Crippen LogP contribution in [-0.2, 0) is 19.6 Å². The van der Waals surface area contributed by atoms with Gasteiger partial charge in [0.1, 0.15) is 0 Å². The van der Waals surface area contributed by atoms with Gasteiger partial charge >= 0.3 is 6.18 Å². The number of hydrogen-bond donors (Lipinski definition) is 2. The molecule has 4 nitrogen and oxygen atoms in total. The van der Waals surface area contributed by atoms with E-state index in [0.29, 0.717) is 24.5 Å². The molecule has 7 heteroatoms. The molecule has 0 saturated carbocycles. The van der Waals surface area contributed by atoms with E-state index in [1.165, 1.54) is 12.1 Å². The van der Waals surface area contributed by atoms with Gasteiger partial charge in [-0.05, 0) is 11.6 Å². The van der Waals surface area contributed by atoms with Gasteiger partial charge < -0.3 is 11.1 Å². The Morgan fingerprint density at radius 3 is 2.67 bits per heavy atom. The normalized spacial score (nSPS) is 11.7. The van der Waals surface area contributed by atoms with Crippen LogP contribution in [0.1, 0.15) is 16.8 Å². The van der Waals surface area contributed by atoms with Crippen molar-refractivity contribution >= 4 is 5.69 Å². The monoisotopic (exact) mass is 298 g/mol. The van der Waals surface area contributed by atoms with Crippen molar-refractivity contribution in [2.75, 3.05) is 18.4 Å². The molecule has 1 aromatic heterocycles. The highest BCUT2D eigenvalue weighted by Gasteiger charge is 2.33. The molecule has 0 fully saturated rings. The van der Waals surface area contributed by atoms with Gasteiger partial charge in [-0.15, -0.1) is 0 Å². The van der Waals surface area contributed by atoms with E-state index in [2.05, 4.69) is 10.4 Å². The summed E-state index contributed by atoms with van der Waals surface area (Å²) in [7, 11) is 1.71. The second-order valence-corrected chi connectivity index (χ2v) is 4.68. The molecule has 2 rings (SSSR count). The van der Waals surface area contributed by atoms with Crippen molar-refractivity contribution in [2.24, 2.45) is 12.8 Å². The van der Waals surface area contributed by atoms with Crippen LogP contribution >= 0.6 is 0 Å². The standard InChI is InChI=1S/C14H17F3N4/c1-21-13(12(9-20-21)19-7-6-18)8-10-4-2-3-5-11(10)14(15,16)17/h2-5,9,19H,6-8,18H2,1H3. The Balaban J connectivity index is 2.33. The number of aromatic nitrogens is 2. The predicted molar refractivity (Wildman–Crippen MR) is 75.0 cm³/mol. The van der Waals surface area contributed by atoms with Crippen molar-refractivity contribution in [2.45, 2.75) is 12.6 Å². The molecule has 0 aliphatic rings. The number of rotatable bonds is 5. The van der Waals surface area contributed by atoms with Gasteiger partial charge in [0.2, 0.25) is 0 Å². The maximum Gasteiger partial charge on any atom is 0.416 e. The summed E-state index contributed by atoms with van der Waals surface area (Å²) in [6.45, 7) is 0.979. The molecule has 0 unspecified atom stereocenters. The van der Waals surface area contributed by atoms with E-state index in [1.54, 1.807) is 24.0 Å². The molecule has 0 amide bonds. The average molecular weight is 298 g/mol. The molecular weight excluding hydrogens is 281 g/mol. The maximum absolute atomic E-state index is 13.0. The van der Waals surface area contributed by atoms with Crippen LogP contribution in [0.25, 0.3) is 0 Å². The molecule has 21 heavy (non-hydrogen) atoms. The van der Waals surface area contributed by atoms with E-state index in [-0.39, 0.29) is 12.0 Å². The number of alkyl halides is 3. The van der Waals surface area contributed by atoms with Gasteiger partial charge in [-0.1, -0.05) is 18.2 Å². The first-order valence-electron chi connectivity index (χ1n) is 6.53. The third-order valence-electron chi connectivity index (χ3n) is 3.20. The molecule has 1 heterocycles. The molecule has 0 atom stereocenters. The molecule has 0 saturated heterocycles. The number of nitrogens with zero attached hydrogens (tertiary/aromatic N) is 2. The van der Waals surface area contributed by atoms with Crippen LogP contribution < -0.4 is 11.1 Å². The summed E-state index contributed by atoms with van der Waals surface area (Å²) in [4.78, 5) is 0. The van der Waals surface area contributed by atoms with Crippen LogP contribution in [0, 0.1) is 0 Å². The van der Waals surface area contributed by atoms with Crippen LogP contribution in [0.3, 0.4) is 0 Å². The summed E-state index contributed by atoms with van der Waals surface area (Å²) in [6.07, 6.45) is -2.61. The maximum atomic E-state index is 13.0. The highest BCUT2D eigenvalue weighted by molar-refractivity contribution is 5.49. The van der Waals surface area contributed by atoms with Crippen molar-refractivity contribution in [1.82, 2.24) is 9.78 Å². The second-order valence-electron chi connectivity index (χ2n) is 4.68. The average Bonchev–Trinajstić information content (AvgIpc) is 2.77. The Morgan fingerprint density at radius 1 is 1.29 bits per heavy atom. The number of nitrogens with two attached hydrogens (primary N) is 1. The lowest BCUT2D eigenvalue weighted by molar-refractivity contribution is -0.138. The largest absolute Gasteiger partial charge is 0.416 e. The summed E-state index contributed by atoms with van der Waals surface area (Å²) in [5.41, 5.74) is 6.44. The van der Waals surface area contributed by atoms with E-state index in [9.17, 15) is 13.2 Å². The van der Waals surface area contributed by atoms with Crippen molar-refractivity contribution in [3.8, 4) is 0 Å². The third kappa shape index (κ3) is 3.55. The first kappa shape index (κ1) is 15.4. The minimum Gasteiger partial charge on any atom is -0.381 e. The van der Waals surface area contributed by atoms with Gasteiger partial charge in [0.05, 0.1) is 23.1 Å². The predicted octanol–water partition coefficient (Wildman–Crippen LogP) is 2.40. The molecular formula is C14H17F3N4. The molecule has 2 aromatic rings. The summed E-state index contributed by atoms with van der Waals surface area (Å²) in [5.74, 6) is 0. The van der Waals surface area contributed by atoms with Gasteiger partial charge in [-0.25, -0.2) is 0 Å². The van der Waals surface area contributed by atoms with E-state index >= 15 is 0 Å². The SMILES string of the molecule is Cn1ncc(NCCN)c1Cc1ccccc1C(F)(F)F. The van der Waals surface area contributed by atoms with Crippen molar-refractivity contribution in [3.63, 3.8) is 0 Å². The summed E-state index contributed by atoms with van der Waals surface area (Å²) in [5, 5.41) is 7.16. The molecule has 114 valence electrons. The summed E-state index contributed by atoms with van der Waals surface area (Å²) >= 11 is 0. The van der Waals surface area contributed by atoms with Gasteiger partial charge in [0.15, 0.2) is 0 Å². The van der Waals surface area contributed by atoms with Gasteiger partial charge in [-0.3, -0.25) is 4.68 Å². The number of nitrogens with one attached hydrogen (secondary N) is 1. The molecule has 0 bridgehead atoms. The Labute approximate surface area is 120 Å². The van der Waals surface area contributed by atoms with E-state index in [4.69, 9.17) is 5.73 Å². The lowest BCUT2D eigenvalue weighted by Crippen LogP contribution is -2.15. The highest BCUT2D eigenvalue weighted by Crippen LogP contribution is 2.33. The van der Waals surface area contributed by atoms with Crippen LogP contribution in [0.5, 0.6) is 0 Å². The second kappa shape index (κ2) is 6.17. The third-order valence-corrected chi connectivity index (χ3v) is 3.20. The fourth-order valence-electron chi connectivity index (χ4n) is 2.16. The van der Waals surface area contributed by atoms with Crippen LogP contribution in [0.15, 0.2) is 30.5 Å². The van der Waals surface area contributed by atoms with Crippen molar-refractivity contribution in [1.29, 1.82) is 0 Å². The van der Waals surface area contributed by atoms with Gasteiger partial charge in [-0.2, -0.15) is 18.3 Å². The molecule has 0 radical (unpaired) electrons. The van der Waals surface area contributed by atoms with Crippen LogP contribution in [0.4, 0.5) is 18.9 Å². The first-order valence-corrected chi connectivity index (χ1v) is 6.53. The fourth-order valence-corrected chi connectivity index (χ4v) is 2.16. The number of anilines is 1. The Morgan fingerprint density at radius 2 is 2.00 bits per heavy atom. The summed E-state index contributed by atoms with van der Waals surface area (Å²) < 4.78 is 40.7. The zero-order valence-corrected chi connectivity index (χ0v) is 11.6. The zero-order chi connectivity index (χ0) is 15.5. The molecule has 3 N–H and O–H groups in total. The highest BCUT2D eigenvalue weighted by atomic mass is 19.4. The minimum absolute atomic E-state index is 0.152. The Kier molecular flexibility index (Phi) is 4.52. The number of aryl methyl sites for hydroxylation is 1. The van der Waals surface area contributed by atoms with E-state index in [1.807, 2.05) is 0 Å². The Hall–Kier alpha value is -2.02. The lowest BCUT2D eigenvalue weighted by Gasteiger charge is -2.14. The van der Waals surface area contributed by atoms with Gasteiger partial charge in [0, 0.05) is 26.6 Å². The quantitative estimate of drug-likeness (QED) is 0.891. The molecule has 1 aromatic carbocycles. The van der Waals surface area contributed by atoms with Crippen molar-refractivity contribution < 1.29 is 13.2 Å². The number of benzene rings is 1. The zero-order valence-electron chi connectivity index (χ0n) is 11.6. The minimum atomic E-state index is -4.36. The van der Waals surface area contributed by atoms with Gasteiger partial charge in [0.25, 0.3) is 0 Å². The lowest BCUT2D eigenvalue weighted by atomic mass is 10.0. The van der Waals surface area contributed by atoms with Crippen molar-refractivity contribution in [3.05, 3.63) is 47.3 Å². The van der Waals surface area contributed by atoms with E-state index < -0.39 is 11.7 Å². The van der Waals surface area contributed by atoms with Crippen LogP contribution in [-0.4, -0.2) is 22.9 Å². The summed E-state index contributed by atoms with van der Waals surface area (Å²) in [6, 6.07) is 5.58. The first-order chi connectivity index (χ1) is 9.93. The fraction of sp³-hybridized carbons (Fsp3) is 0.357. The molecule has 0 aliphatic carbocycles. The number of hydrogen-bond acceptors (Lipinski definition) is 3. The van der Waals surface area contributed by atoms with E-state index in [0.717, 1.165) is 6.07 Å². The smallest absolute Gasteiger partial charge is 0.381 e.